The first-order valence-corrected chi connectivity index (χ1v) is 5.52. The van der Waals surface area contributed by atoms with Crippen LogP contribution in [0.4, 0.5) is 0 Å². The van der Waals surface area contributed by atoms with Gasteiger partial charge in [0.15, 0.2) is 0 Å². The van der Waals surface area contributed by atoms with Gasteiger partial charge in [0.2, 0.25) is 5.91 Å². The Bertz CT molecular complexity index is 309. The van der Waals surface area contributed by atoms with E-state index >= 15 is 0 Å². The molecule has 0 radical (unpaired) electrons. The summed E-state index contributed by atoms with van der Waals surface area (Å²) in [4.78, 5) is 22.6. The second kappa shape index (κ2) is 3.22. The molecule has 0 saturated heterocycles. The van der Waals surface area contributed by atoms with Crippen LogP contribution in [0.25, 0.3) is 0 Å². The zero-order valence-corrected chi connectivity index (χ0v) is 9.12. The number of nitrogens with one attached hydrogen (secondary N) is 1. The largest absolute Gasteiger partial charge is 0.480 e. The average molecular weight is 211 g/mol. The normalized spacial score (nSPS) is 36.5. The Balaban J connectivity index is 1.91. The highest BCUT2D eigenvalue weighted by Crippen LogP contribution is 2.47. The molecule has 0 spiro atoms. The summed E-state index contributed by atoms with van der Waals surface area (Å²) in [6.45, 7) is 4.25. The van der Waals surface area contributed by atoms with Gasteiger partial charge >= 0.3 is 5.97 Å². The Labute approximate surface area is 89.0 Å². The fourth-order valence-corrected chi connectivity index (χ4v) is 2.19. The van der Waals surface area contributed by atoms with Gasteiger partial charge in [0.25, 0.3) is 0 Å². The number of carboxylic acids is 1. The van der Waals surface area contributed by atoms with Crippen molar-refractivity contribution < 1.29 is 14.7 Å². The summed E-state index contributed by atoms with van der Waals surface area (Å²) in [7, 11) is 0. The Morgan fingerprint density at radius 1 is 1.33 bits per heavy atom. The molecule has 2 N–H and O–H groups in total. The van der Waals surface area contributed by atoms with Crippen LogP contribution in [0.5, 0.6) is 0 Å². The van der Waals surface area contributed by atoms with Crippen molar-refractivity contribution in [2.24, 2.45) is 17.3 Å². The lowest BCUT2D eigenvalue weighted by molar-refractivity contribution is -0.149. The van der Waals surface area contributed by atoms with E-state index in [1.807, 2.05) is 0 Å². The van der Waals surface area contributed by atoms with Crippen molar-refractivity contribution in [2.45, 2.75) is 39.2 Å². The van der Waals surface area contributed by atoms with E-state index in [9.17, 15) is 9.59 Å². The van der Waals surface area contributed by atoms with E-state index in [2.05, 4.69) is 19.2 Å². The quantitative estimate of drug-likeness (QED) is 0.685. The zero-order valence-electron chi connectivity index (χ0n) is 9.12. The van der Waals surface area contributed by atoms with Crippen molar-refractivity contribution in [1.29, 1.82) is 0 Å². The molecule has 0 aliphatic heterocycles. The summed E-state index contributed by atoms with van der Waals surface area (Å²) in [5.41, 5.74) is -1.08. The molecule has 0 bridgehead atoms. The van der Waals surface area contributed by atoms with E-state index in [0.29, 0.717) is 24.7 Å². The van der Waals surface area contributed by atoms with Gasteiger partial charge in [0.05, 0.1) is 0 Å². The molecular weight excluding hydrogens is 194 g/mol. The average Bonchev–Trinajstić information content (AvgIpc) is 2.97. The number of carbonyl (C=O) groups excluding carboxylic acids is 1. The monoisotopic (exact) mass is 211 g/mol. The van der Waals surface area contributed by atoms with Crippen molar-refractivity contribution >= 4 is 11.9 Å². The maximum atomic E-state index is 11.7. The molecule has 4 nitrogen and oxygen atoms in total. The number of amides is 1. The number of hydrogen-bond acceptors (Lipinski definition) is 2. The van der Waals surface area contributed by atoms with Crippen LogP contribution in [-0.2, 0) is 9.59 Å². The van der Waals surface area contributed by atoms with Crippen LogP contribution >= 0.6 is 0 Å². The topological polar surface area (TPSA) is 66.4 Å². The standard InChI is InChI=1S/C11H17NO3/c1-6-5-8(7(6)2)12-9(13)11(3-4-11)10(14)15/h6-8H,3-5H2,1-2H3,(H,12,13)(H,14,15). The number of carbonyl (C=O) groups is 2. The fraction of sp³-hybridized carbons (Fsp3) is 0.818. The molecule has 0 heterocycles. The lowest BCUT2D eigenvalue weighted by Crippen LogP contribution is -2.53. The van der Waals surface area contributed by atoms with Crippen LogP contribution in [0.2, 0.25) is 0 Å². The van der Waals surface area contributed by atoms with Gasteiger partial charge in [-0.1, -0.05) is 13.8 Å². The summed E-state index contributed by atoms with van der Waals surface area (Å²) < 4.78 is 0. The van der Waals surface area contributed by atoms with Crippen LogP contribution in [-0.4, -0.2) is 23.0 Å². The molecule has 2 fully saturated rings. The van der Waals surface area contributed by atoms with Gasteiger partial charge in [-0.2, -0.15) is 0 Å². The third-order valence-corrected chi connectivity index (χ3v) is 4.07. The SMILES string of the molecule is CC1CC(NC(=O)C2(C(=O)O)CC2)C1C. The predicted octanol–water partition coefficient (Wildman–Crippen LogP) is 1.01. The first kappa shape index (κ1) is 10.5. The van der Waals surface area contributed by atoms with E-state index in [-0.39, 0.29) is 11.9 Å². The van der Waals surface area contributed by atoms with Gasteiger partial charge in [-0.3, -0.25) is 9.59 Å². The van der Waals surface area contributed by atoms with E-state index in [4.69, 9.17) is 5.11 Å². The van der Waals surface area contributed by atoms with Gasteiger partial charge in [-0.25, -0.2) is 0 Å². The van der Waals surface area contributed by atoms with Crippen molar-refractivity contribution in [2.75, 3.05) is 0 Å². The lowest BCUT2D eigenvalue weighted by atomic mass is 9.71. The van der Waals surface area contributed by atoms with Crippen LogP contribution in [0.15, 0.2) is 0 Å². The highest BCUT2D eigenvalue weighted by atomic mass is 16.4. The molecule has 1 amide bonds. The van der Waals surface area contributed by atoms with Gasteiger partial charge in [-0.15, -0.1) is 0 Å². The number of carboxylic acid groups (broad SMARTS) is 1. The molecule has 2 rings (SSSR count). The minimum absolute atomic E-state index is 0.185. The highest BCUT2D eigenvalue weighted by Gasteiger charge is 2.57. The molecule has 4 heteroatoms. The fourth-order valence-electron chi connectivity index (χ4n) is 2.19. The molecular formula is C11H17NO3. The highest BCUT2D eigenvalue weighted by molar-refractivity contribution is 6.04. The van der Waals surface area contributed by atoms with Crippen LogP contribution < -0.4 is 5.32 Å². The Hall–Kier alpha value is -1.06. The Kier molecular flexibility index (Phi) is 2.24. The smallest absolute Gasteiger partial charge is 0.319 e. The molecule has 84 valence electrons. The number of hydrogen-bond donors (Lipinski definition) is 2. The third-order valence-electron chi connectivity index (χ3n) is 4.07. The van der Waals surface area contributed by atoms with Gasteiger partial charge in [0.1, 0.15) is 5.41 Å². The Morgan fingerprint density at radius 3 is 2.27 bits per heavy atom. The second-order valence-corrected chi connectivity index (χ2v) is 5.04. The van der Waals surface area contributed by atoms with Crippen molar-refractivity contribution in [3.05, 3.63) is 0 Å². The molecule has 2 saturated carbocycles. The van der Waals surface area contributed by atoms with Crippen molar-refractivity contribution in [1.82, 2.24) is 5.32 Å². The van der Waals surface area contributed by atoms with Gasteiger partial charge < -0.3 is 10.4 Å². The summed E-state index contributed by atoms with van der Waals surface area (Å²) in [6.07, 6.45) is 1.96. The summed E-state index contributed by atoms with van der Waals surface area (Å²) in [5.74, 6) is -0.146. The van der Waals surface area contributed by atoms with Crippen LogP contribution in [0.1, 0.15) is 33.1 Å². The molecule has 0 aromatic rings. The summed E-state index contributed by atoms with van der Waals surface area (Å²) in [5, 5.41) is 11.8. The number of aliphatic carboxylic acids is 1. The second-order valence-electron chi connectivity index (χ2n) is 5.04. The molecule has 0 aromatic heterocycles. The first-order valence-electron chi connectivity index (χ1n) is 5.52. The number of rotatable bonds is 3. The minimum Gasteiger partial charge on any atom is -0.480 e. The van der Waals surface area contributed by atoms with Crippen molar-refractivity contribution in [3.63, 3.8) is 0 Å². The molecule has 3 unspecified atom stereocenters. The maximum absolute atomic E-state index is 11.7. The summed E-state index contributed by atoms with van der Waals surface area (Å²) >= 11 is 0. The maximum Gasteiger partial charge on any atom is 0.319 e. The van der Waals surface area contributed by atoms with Gasteiger partial charge in [0, 0.05) is 6.04 Å². The molecule has 0 aromatic carbocycles. The van der Waals surface area contributed by atoms with E-state index in [1.165, 1.54) is 0 Å². The first-order chi connectivity index (χ1) is 6.97. The lowest BCUT2D eigenvalue weighted by Gasteiger charge is -2.41. The van der Waals surface area contributed by atoms with Gasteiger partial charge in [-0.05, 0) is 31.1 Å². The van der Waals surface area contributed by atoms with E-state index in [0.717, 1.165) is 6.42 Å². The molecule has 15 heavy (non-hydrogen) atoms. The van der Waals surface area contributed by atoms with Crippen molar-refractivity contribution in [3.8, 4) is 0 Å². The van der Waals surface area contributed by atoms with E-state index < -0.39 is 11.4 Å². The molecule has 2 aliphatic rings. The third kappa shape index (κ3) is 1.52. The molecule has 2 aliphatic carbocycles. The minimum atomic E-state index is -1.08. The van der Waals surface area contributed by atoms with Crippen LogP contribution in [0.3, 0.4) is 0 Å². The summed E-state index contributed by atoms with van der Waals surface area (Å²) in [6, 6.07) is 0.185. The Morgan fingerprint density at radius 2 is 1.93 bits per heavy atom. The molecule has 3 atom stereocenters. The predicted molar refractivity (Wildman–Crippen MR) is 54.2 cm³/mol. The zero-order chi connectivity index (χ0) is 11.2. The van der Waals surface area contributed by atoms with E-state index in [1.54, 1.807) is 0 Å². The van der Waals surface area contributed by atoms with Crippen LogP contribution in [0, 0.1) is 17.3 Å².